The summed E-state index contributed by atoms with van der Waals surface area (Å²) in [6.45, 7) is 2.33. The number of halogens is 2. The van der Waals surface area contributed by atoms with E-state index in [9.17, 15) is 4.79 Å². The van der Waals surface area contributed by atoms with Gasteiger partial charge < -0.3 is 9.22 Å². The largest absolute Gasteiger partial charge is 0.465 e. The number of ether oxygens (including phenoxy) is 1. The van der Waals surface area contributed by atoms with Crippen LogP contribution in [0.4, 0.5) is 0 Å². The second kappa shape index (κ2) is 7.73. The van der Waals surface area contributed by atoms with Gasteiger partial charge in [-0.05, 0) is 6.07 Å². The molecule has 5 heteroatoms. The quantitative estimate of drug-likeness (QED) is 0.440. The number of nitrogens with zero attached hydrogens (tertiary/aromatic N) is 1. The maximum atomic E-state index is 11.8. The van der Waals surface area contributed by atoms with Gasteiger partial charge in [0.15, 0.2) is 0 Å². The van der Waals surface area contributed by atoms with Crippen LogP contribution in [0.25, 0.3) is 0 Å². The van der Waals surface area contributed by atoms with Gasteiger partial charge in [-0.25, -0.2) is 4.79 Å². The minimum Gasteiger partial charge on any atom is -0.465 e. The van der Waals surface area contributed by atoms with Crippen molar-refractivity contribution in [2.24, 2.45) is 0 Å². The standard InChI is InChI=1S/C14H20Cl2NO2/c1-17(9-7-15,10-8-16)11-12-5-3-4-6-13(12)14(18)19-2/h3-6H,7-11H2,1-2H3/q+1. The van der Waals surface area contributed by atoms with Crippen LogP contribution in [0, 0.1) is 0 Å². The van der Waals surface area contributed by atoms with Gasteiger partial charge in [-0.15, -0.1) is 23.2 Å². The van der Waals surface area contributed by atoms with E-state index in [2.05, 4.69) is 7.05 Å². The molecule has 19 heavy (non-hydrogen) atoms. The molecular formula is C14H20Cl2NO2+. The van der Waals surface area contributed by atoms with Crippen LogP contribution >= 0.6 is 23.2 Å². The highest BCUT2D eigenvalue weighted by molar-refractivity contribution is 6.18. The molecule has 0 aliphatic heterocycles. The Balaban J connectivity index is 2.99. The van der Waals surface area contributed by atoms with Gasteiger partial charge in [-0.2, -0.15) is 0 Å². The first-order valence-electron chi connectivity index (χ1n) is 6.18. The molecule has 1 rings (SSSR count). The molecule has 0 unspecified atom stereocenters. The van der Waals surface area contributed by atoms with Crippen LogP contribution in [-0.4, -0.2) is 49.5 Å². The summed E-state index contributed by atoms with van der Waals surface area (Å²) < 4.78 is 5.52. The van der Waals surface area contributed by atoms with Gasteiger partial charge in [0, 0.05) is 5.56 Å². The van der Waals surface area contributed by atoms with E-state index in [0.717, 1.165) is 18.7 Å². The zero-order valence-corrected chi connectivity index (χ0v) is 12.9. The van der Waals surface area contributed by atoms with Crippen molar-refractivity contribution in [1.82, 2.24) is 0 Å². The highest BCUT2D eigenvalue weighted by Gasteiger charge is 2.24. The minimum absolute atomic E-state index is 0.307. The third-order valence-electron chi connectivity index (χ3n) is 3.22. The number of carbonyl (C=O) groups excluding carboxylic acids is 1. The van der Waals surface area contributed by atoms with Crippen LogP contribution in [0.2, 0.25) is 0 Å². The van der Waals surface area contributed by atoms with E-state index < -0.39 is 0 Å². The predicted octanol–water partition coefficient (Wildman–Crippen LogP) is 2.90. The van der Waals surface area contributed by atoms with Crippen molar-refractivity contribution < 1.29 is 14.0 Å². The zero-order chi connectivity index (χ0) is 14.3. The van der Waals surface area contributed by atoms with Crippen LogP contribution in [-0.2, 0) is 11.3 Å². The Kier molecular flexibility index (Phi) is 6.63. The molecule has 0 saturated carbocycles. The fraction of sp³-hybridized carbons (Fsp3) is 0.500. The highest BCUT2D eigenvalue weighted by atomic mass is 35.5. The highest BCUT2D eigenvalue weighted by Crippen LogP contribution is 2.17. The third-order valence-corrected chi connectivity index (χ3v) is 3.56. The lowest BCUT2D eigenvalue weighted by Crippen LogP contribution is -2.46. The minimum atomic E-state index is -0.307. The number of hydrogen-bond acceptors (Lipinski definition) is 2. The average Bonchev–Trinajstić information content (AvgIpc) is 2.39. The van der Waals surface area contributed by atoms with E-state index in [1.807, 2.05) is 18.2 Å². The lowest BCUT2D eigenvalue weighted by Gasteiger charge is -2.34. The van der Waals surface area contributed by atoms with Crippen molar-refractivity contribution in [3.8, 4) is 0 Å². The van der Waals surface area contributed by atoms with Gasteiger partial charge in [0.25, 0.3) is 0 Å². The van der Waals surface area contributed by atoms with Crippen LogP contribution in [0.3, 0.4) is 0 Å². The molecule has 0 radical (unpaired) electrons. The summed E-state index contributed by atoms with van der Waals surface area (Å²) in [7, 11) is 3.49. The molecule has 0 aliphatic rings. The smallest absolute Gasteiger partial charge is 0.338 e. The average molecular weight is 305 g/mol. The second-order valence-corrected chi connectivity index (χ2v) is 5.51. The predicted molar refractivity (Wildman–Crippen MR) is 78.8 cm³/mol. The van der Waals surface area contributed by atoms with Crippen molar-refractivity contribution in [2.75, 3.05) is 39.0 Å². The number of rotatable bonds is 7. The van der Waals surface area contributed by atoms with E-state index in [4.69, 9.17) is 27.9 Å². The Hall–Kier alpha value is -0.770. The Labute approximate surface area is 124 Å². The van der Waals surface area contributed by atoms with Gasteiger partial charge in [-0.3, -0.25) is 0 Å². The first-order valence-corrected chi connectivity index (χ1v) is 7.25. The molecule has 0 heterocycles. The number of hydrogen-bond donors (Lipinski definition) is 0. The molecule has 0 aromatic heterocycles. The van der Waals surface area contributed by atoms with Crippen molar-refractivity contribution >= 4 is 29.2 Å². The number of benzene rings is 1. The van der Waals surface area contributed by atoms with Gasteiger partial charge in [0.1, 0.15) is 6.54 Å². The summed E-state index contributed by atoms with van der Waals surface area (Å²) in [6, 6.07) is 7.49. The summed E-state index contributed by atoms with van der Waals surface area (Å²) >= 11 is 11.7. The third kappa shape index (κ3) is 4.68. The van der Waals surface area contributed by atoms with Crippen molar-refractivity contribution in [3.05, 3.63) is 35.4 Å². The number of carbonyl (C=O) groups is 1. The van der Waals surface area contributed by atoms with Crippen LogP contribution in [0.1, 0.15) is 15.9 Å². The lowest BCUT2D eigenvalue weighted by atomic mass is 10.1. The zero-order valence-electron chi connectivity index (χ0n) is 11.4. The van der Waals surface area contributed by atoms with Gasteiger partial charge in [0.2, 0.25) is 0 Å². The van der Waals surface area contributed by atoms with Gasteiger partial charge >= 0.3 is 5.97 Å². The molecular weight excluding hydrogens is 285 g/mol. The van der Waals surface area contributed by atoms with Gasteiger partial charge in [-0.1, -0.05) is 18.2 Å². The SMILES string of the molecule is COC(=O)c1ccccc1C[N+](C)(CCCl)CCCl. The van der Waals surface area contributed by atoms with Crippen molar-refractivity contribution in [2.45, 2.75) is 6.54 Å². The fourth-order valence-electron chi connectivity index (χ4n) is 2.06. The fourth-order valence-corrected chi connectivity index (χ4v) is 2.87. The van der Waals surface area contributed by atoms with Crippen LogP contribution in [0.5, 0.6) is 0 Å². The summed E-state index contributed by atoms with van der Waals surface area (Å²) in [5.41, 5.74) is 1.57. The van der Waals surface area contributed by atoms with Crippen molar-refractivity contribution in [1.29, 1.82) is 0 Å². The number of alkyl halides is 2. The monoisotopic (exact) mass is 304 g/mol. The molecule has 1 aromatic rings. The second-order valence-electron chi connectivity index (χ2n) is 4.75. The van der Waals surface area contributed by atoms with E-state index in [-0.39, 0.29) is 5.97 Å². The summed E-state index contributed by atoms with van der Waals surface area (Å²) in [5.74, 6) is 0.820. The normalized spacial score (nSPS) is 11.4. The lowest BCUT2D eigenvalue weighted by molar-refractivity contribution is -0.918. The van der Waals surface area contributed by atoms with E-state index in [0.29, 0.717) is 28.4 Å². The topological polar surface area (TPSA) is 26.3 Å². The number of methoxy groups -OCH3 is 1. The number of esters is 1. The molecule has 1 aromatic carbocycles. The van der Waals surface area contributed by atoms with Crippen LogP contribution in [0.15, 0.2) is 24.3 Å². The summed E-state index contributed by atoms with van der Waals surface area (Å²) in [4.78, 5) is 11.8. The first kappa shape index (κ1) is 16.3. The first-order chi connectivity index (χ1) is 9.06. The van der Waals surface area contributed by atoms with Crippen molar-refractivity contribution in [3.63, 3.8) is 0 Å². The maximum Gasteiger partial charge on any atom is 0.338 e. The van der Waals surface area contributed by atoms with E-state index in [1.165, 1.54) is 7.11 Å². The summed E-state index contributed by atoms with van der Waals surface area (Å²) in [5, 5.41) is 0. The Bertz CT molecular complexity index is 418. The Morgan fingerprint density at radius 3 is 2.32 bits per heavy atom. The molecule has 0 atom stereocenters. The molecule has 0 N–H and O–H groups in total. The molecule has 106 valence electrons. The van der Waals surface area contributed by atoms with Gasteiger partial charge in [0.05, 0.1) is 44.6 Å². The number of quaternary nitrogens is 1. The van der Waals surface area contributed by atoms with Crippen LogP contribution < -0.4 is 0 Å². The summed E-state index contributed by atoms with van der Waals surface area (Å²) in [6.07, 6.45) is 0. The maximum absolute atomic E-state index is 11.8. The molecule has 3 nitrogen and oxygen atoms in total. The molecule has 0 aliphatic carbocycles. The molecule has 0 fully saturated rings. The molecule has 0 bridgehead atoms. The van der Waals surface area contributed by atoms with E-state index >= 15 is 0 Å². The molecule has 0 amide bonds. The molecule has 0 saturated heterocycles. The Morgan fingerprint density at radius 1 is 1.21 bits per heavy atom. The Morgan fingerprint density at radius 2 is 1.79 bits per heavy atom. The van der Waals surface area contributed by atoms with E-state index in [1.54, 1.807) is 6.07 Å². The molecule has 0 spiro atoms.